The van der Waals surface area contributed by atoms with Gasteiger partial charge in [-0.2, -0.15) is 0 Å². The Hall–Kier alpha value is -3.40. The standard InChI is InChI=1S/C22H17NO3/c1-13-10-14(2)21-17(11-13)19(24)12-20(26-21)22(25)23-18-9-5-7-15-6-3-4-8-16(15)18/h3-12H,1-2H3,(H,23,25). The molecule has 0 bridgehead atoms. The van der Waals surface area contributed by atoms with Gasteiger partial charge in [-0.1, -0.05) is 42.5 Å². The molecule has 0 radical (unpaired) electrons. The SMILES string of the molecule is Cc1cc(C)c2oc(C(=O)Nc3cccc4ccccc34)cc(=O)c2c1. The molecule has 0 fully saturated rings. The second-order valence-electron chi connectivity index (χ2n) is 6.41. The highest BCUT2D eigenvalue weighted by Crippen LogP contribution is 2.24. The van der Waals surface area contributed by atoms with Crippen LogP contribution >= 0.6 is 0 Å². The van der Waals surface area contributed by atoms with Crippen LogP contribution in [0.4, 0.5) is 5.69 Å². The number of benzene rings is 3. The minimum atomic E-state index is -0.444. The van der Waals surface area contributed by atoms with Crippen LogP contribution in [-0.4, -0.2) is 5.91 Å². The van der Waals surface area contributed by atoms with Crippen LogP contribution < -0.4 is 10.7 Å². The van der Waals surface area contributed by atoms with Crippen molar-refractivity contribution in [2.24, 2.45) is 0 Å². The Bertz CT molecular complexity index is 1220. The number of nitrogens with one attached hydrogen (secondary N) is 1. The van der Waals surface area contributed by atoms with Crippen LogP contribution in [-0.2, 0) is 0 Å². The van der Waals surface area contributed by atoms with E-state index >= 15 is 0 Å². The van der Waals surface area contributed by atoms with Crippen molar-refractivity contribution in [3.63, 3.8) is 0 Å². The molecule has 0 atom stereocenters. The normalized spacial score (nSPS) is 11.0. The lowest BCUT2D eigenvalue weighted by Gasteiger charge is -2.09. The number of hydrogen-bond acceptors (Lipinski definition) is 3. The molecule has 26 heavy (non-hydrogen) atoms. The van der Waals surface area contributed by atoms with Gasteiger partial charge >= 0.3 is 0 Å². The van der Waals surface area contributed by atoms with Crippen molar-refractivity contribution >= 4 is 33.3 Å². The molecule has 1 heterocycles. The van der Waals surface area contributed by atoms with Gasteiger partial charge in [0.25, 0.3) is 5.91 Å². The fraction of sp³-hybridized carbons (Fsp3) is 0.0909. The van der Waals surface area contributed by atoms with Gasteiger partial charge < -0.3 is 9.73 Å². The summed E-state index contributed by atoms with van der Waals surface area (Å²) in [5, 5.41) is 5.30. The number of carbonyl (C=O) groups is 1. The maximum absolute atomic E-state index is 12.7. The molecular formula is C22H17NO3. The molecule has 1 aromatic heterocycles. The van der Waals surface area contributed by atoms with Gasteiger partial charge in [-0.15, -0.1) is 0 Å². The number of aryl methyl sites for hydroxylation is 2. The van der Waals surface area contributed by atoms with Crippen LogP contribution in [0.2, 0.25) is 0 Å². The summed E-state index contributed by atoms with van der Waals surface area (Å²) in [6.45, 7) is 3.79. The Morgan fingerprint density at radius 1 is 0.923 bits per heavy atom. The van der Waals surface area contributed by atoms with Gasteiger partial charge in [-0.3, -0.25) is 9.59 Å². The zero-order chi connectivity index (χ0) is 18.3. The average molecular weight is 343 g/mol. The first-order valence-electron chi connectivity index (χ1n) is 8.37. The summed E-state index contributed by atoms with van der Waals surface area (Å²) in [6.07, 6.45) is 0. The number of carbonyl (C=O) groups excluding carboxylic acids is 1. The van der Waals surface area contributed by atoms with Crippen molar-refractivity contribution < 1.29 is 9.21 Å². The van der Waals surface area contributed by atoms with E-state index in [0.29, 0.717) is 16.7 Å². The molecule has 4 nitrogen and oxygen atoms in total. The molecule has 128 valence electrons. The van der Waals surface area contributed by atoms with E-state index in [1.807, 2.05) is 62.4 Å². The monoisotopic (exact) mass is 343 g/mol. The number of rotatable bonds is 2. The van der Waals surface area contributed by atoms with Gasteiger partial charge in [0.15, 0.2) is 11.2 Å². The van der Waals surface area contributed by atoms with Crippen molar-refractivity contribution in [1.82, 2.24) is 0 Å². The molecule has 1 amide bonds. The lowest BCUT2D eigenvalue weighted by molar-refractivity contribution is 0.0997. The summed E-state index contributed by atoms with van der Waals surface area (Å²) < 4.78 is 5.76. The highest BCUT2D eigenvalue weighted by Gasteiger charge is 2.15. The van der Waals surface area contributed by atoms with Crippen LogP contribution in [0.25, 0.3) is 21.7 Å². The molecule has 4 heteroatoms. The molecule has 1 N–H and O–H groups in total. The Labute approximate surface area is 150 Å². The molecule has 0 aliphatic carbocycles. The van der Waals surface area contributed by atoms with Crippen LogP contribution in [0.5, 0.6) is 0 Å². The second-order valence-corrected chi connectivity index (χ2v) is 6.41. The van der Waals surface area contributed by atoms with Gasteiger partial charge in [0.1, 0.15) is 5.58 Å². The number of hydrogen-bond donors (Lipinski definition) is 1. The van der Waals surface area contributed by atoms with Gasteiger partial charge in [-0.25, -0.2) is 0 Å². The Balaban J connectivity index is 1.78. The predicted octanol–water partition coefficient (Wildman–Crippen LogP) is 4.82. The first kappa shape index (κ1) is 16.1. The first-order valence-corrected chi connectivity index (χ1v) is 8.37. The van der Waals surface area contributed by atoms with E-state index in [2.05, 4.69) is 5.32 Å². The third-order valence-electron chi connectivity index (χ3n) is 4.42. The average Bonchev–Trinajstić information content (AvgIpc) is 2.62. The summed E-state index contributed by atoms with van der Waals surface area (Å²) in [5.41, 5.74) is 2.72. The fourth-order valence-electron chi connectivity index (χ4n) is 3.24. The Morgan fingerprint density at radius 3 is 2.54 bits per heavy atom. The van der Waals surface area contributed by atoms with Crippen LogP contribution in [0.15, 0.2) is 69.9 Å². The molecule has 0 aliphatic rings. The summed E-state index contributed by atoms with van der Waals surface area (Å²) in [4.78, 5) is 25.1. The number of fused-ring (bicyclic) bond motifs is 2. The largest absolute Gasteiger partial charge is 0.450 e. The van der Waals surface area contributed by atoms with E-state index in [0.717, 1.165) is 21.9 Å². The van der Waals surface area contributed by atoms with Gasteiger partial charge in [-0.05, 0) is 42.5 Å². The molecule has 0 unspecified atom stereocenters. The smallest absolute Gasteiger partial charge is 0.291 e. The fourth-order valence-corrected chi connectivity index (χ4v) is 3.24. The van der Waals surface area contributed by atoms with E-state index in [1.165, 1.54) is 6.07 Å². The van der Waals surface area contributed by atoms with Crippen LogP contribution in [0.3, 0.4) is 0 Å². The second kappa shape index (κ2) is 6.15. The highest BCUT2D eigenvalue weighted by molar-refractivity contribution is 6.08. The van der Waals surface area contributed by atoms with E-state index in [4.69, 9.17) is 4.42 Å². The molecule has 0 spiro atoms. The van der Waals surface area contributed by atoms with E-state index in [9.17, 15) is 9.59 Å². The zero-order valence-electron chi connectivity index (χ0n) is 14.5. The van der Waals surface area contributed by atoms with Crippen LogP contribution in [0.1, 0.15) is 21.7 Å². The summed E-state index contributed by atoms with van der Waals surface area (Å²) >= 11 is 0. The molecule has 4 rings (SSSR count). The predicted molar refractivity (Wildman–Crippen MR) is 104 cm³/mol. The molecule has 0 saturated heterocycles. The molecule has 0 saturated carbocycles. The van der Waals surface area contributed by atoms with Crippen molar-refractivity contribution in [3.8, 4) is 0 Å². The van der Waals surface area contributed by atoms with E-state index in [-0.39, 0.29) is 11.2 Å². The van der Waals surface area contributed by atoms with Crippen molar-refractivity contribution in [2.45, 2.75) is 13.8 Å². The Morgan fingerprint density at radius 2 is 1.69 bits per heavy atom. The van der Waals surface area contributed by atoms with Crippen molar-refractivity contribution in [3.05, 3.63) is 87.8 Å². The lowest BCUT2D eigenvalue weighted by atomic mass is 10.1. The summed E-state index contributed by atoms with van der Waals surface area (Å²) in [7, 11) is 0. The summed E-state index contributed by atoms with van der Waals surface area (Å²) in [5.74, 6) is -0.442. The van der Waals surface area contributed by atoms with E-state index in [1.54, 1.807) is 6.07 Å². The highest BCUT2D eigenvalue weighted by atomic mass is 16.3. The molecular weight excluding hydrogens is 326 g/mol. The maximum Gasteiger partial charge on any atom is 0.291 e. The third-order valence-corrected chi connectivity index (χ3v) is 4.42. The van der Waals surface area contributed by atoms with Crippen molar-refractivity contribution in [1.29, 1.82) is 0 Å². The minimum absolute atomic E-state index is 0.00221. The lowest BCUT2D eigenvalue weighted by Crippen LogP contribution is -2.15. The molecule has 3 aromatic carbocycles. The van der Waals surface area contributed by atoms with Gasteiger partial charge in [0.2, 0.25) is 0 Å². The number of anilines is 1. The zero-order valence-corrected chi connectivity index (χ0v) is 14.5. The van der Waals surface area contributed by atoms with Gasteiger partial charge in [0, 0.05) is 17.1 Å². The minimum Gasteiger partial charge on any atom is -0.450 e. The third kappa shape index (κ3) is 2.75. The maximum atomic E-state index is 12.7. The van der Waals surface area contributed by atoms with E-state index < -0.39 is 5.91 Å². The first-order chi connectivity index (χ1) is 12.5. The quantitative estimate of drug-likeness (QED) is 0.568. The van der Waals surface area contributed by atoms with Crippen LogP contribution in [0, 0.1) is 13.8 Å². The Kier molecular flexibility index (Phi) is 3.81. The molecule has 0 aliphatic heterocycles. The number of amides is 1. The topological polar surface area (TPSA) is 59.3 Å². The van der Waals surface area contributed by atoms with Gasteiger partial charge in [0.05, 0.1) is 5.39 Å². The molecule has 4 aromatic rings. The van der Waals surface area contributed by atoms with Crippen molar-refractivity contribution in [2.75, 3.05) is 5.32 Å². The summed E-state index contributed by atoms with van der Waals surface area (Å²) in [6, 6.07) is 18.4.